The zero-order chi connectivity index (χ0) is 16.9. The van der Waals surface area contributed by atoms with Crippen LogP contribution in [0.25, 0.3) is 0 Å². The van der Waals surface area contributed by atoms with Crippen LogP contribution in [-0.4, -0.2) is 10.2 Å². The van der Waals surface area contributed by atoms with Crippen LogP contribution in [0.4, 0.5) is 0 Å². The lowest BCUT2D eigenvalue weighted by Gasteiger charge is -2.55. The molecular formula is C20H21N3OS. The molecule has 0 saturated heterocycles. The Labute approximate surface area is 152 Å². The maximum absolute atomic E-state index is 8.87. The highest BCUT2D eigenvalue weighted by molar-refractivity contribution is 7.98. The Morgan fingerprint density at radius 3 is 2.28 bits per heavy atom. The summed E-state index contributed by atoms with van der Waals surface area (Å²) in [4.78, 5) is 0. The van der Waals surface area contributed by atoms with Crippen LogP contribution >= 0.6 is 11.8 Å². The average molecular weight is 351 g/mol. The summed E-state index contributed by atoms with van der Waals surface area (Å²) in [5, 5.41) is 18.3. The standard InChI is InChI=1S/C20H21N3OS/c21-11-13-1-3-14(4-2-13)12-25-19-23-22-18(24-19)20-8-15-5-16(9-20)7-17(6-15)10-20/h1-4,15-17H,5-10,12H2. The Morgan fingerprint density at radius 1 is 1.04 bits per heavy atom. The normalized spacial score (nSPS) is 32.7. The zero-order valence-corrected chi connectivity index (χ0v) is 15.0. The lowest BCUT2D eigenvalue weighted by atomic mass is 9.49. The van der Waals surface area contributed by atoms with Crippen molar-refractivity contribution >= 4 is 11.8 Å². The Hall–Kier alpha value is -1.80. The van der Waals surface area contributed by atoms with Crippen LogP contribution in [0.1, 0.15) is 55.5 Å². The molecule has 0 atom stereocenters. The van der Waals surface area contributed by atoms with Gasteiger partial charge in [-0.15, -0.1) is 10.2 Å². The van der Waals surface area contributed by atoms with Crippen molar-refractivity contribution in [1.82, 2.24) is 10.2 Å². The second kappa shape index (κ2) is 5.88. The van der Waals surface area contributed by atoms with Crippen molar-refractivity contribution in [1.29, 1.82) is 5.26 Å². The summed E-state index contributed by atoms with van der Waals surface area (Å²) in [5.74, 6) is 4.33. The largest absolute Gasteiger partial charge is 0.415 e. The molecule has 1 heterocycles. The van der Waals surface area contributed by atoms with E-state index < -0.39 is 0 Å². The molecule has 1 aromatic heterocycles. The molecule has 4 bridgehead atoms. The molecule has 2 aromatic rings. The molecule has 0 radical (unpaired) electrons. The number of thioether (sulfide) groups is 1. The second-order valence-corrected chi connectivity index (χ2v) is 9.10. The molecule has 5 heteroatoms. The molecule has 6 rings (SSSR count). The van der Waals surface area contributed by atoms with Gasteiger partial charge in [-0.3, -0.25) is 0 Å². The van der Waals surface area contributed by atoms with Crippen LogP contribution in [0.15, 0.2) is 33.9 Å². The van der Waals surface area contributed by atoms with Gasteiger partial charge in [-0.2, -0.15) is 5.26 Å². The first-order valence-corrected chi connectivity index (χ1v) is 10.2. The van der Waals surface area contributed by atoms with Gasteiger partial charge in [0, 0.05) is 11.2 Å². The number of nitrogens with zero attached hydrogens (tertiary/aromatic N) is 3. The van der Waals surface area contributed by atoms with E-state index in [0.717, 1.165) is 29.4 Å². The van der Waals surface area contributed by atoms with Crippen molar-refractivity contribution in [2.24, 2.45) is 17.8 Å². The van der Waals surface area contributed by atoms with Gasteiger partial charge < -0.3 is 4.42 Å². The molecule has 1 aromatic carbocycles. The first-order chi connectivity index (χ1) is 12.2. The molecule has 0 N–H and O–H groups in total. The SMILES string of the molecule is N#Cc1ccc(CSc2nnc(C34CC5CC(CC(C5)C3)C4)o2)cc1. The molecule has 4 saturated carbocycles. The molecular weight excluding hydrogens is 330 g/mol. The third kappa shape index (κ3) is 2.77. The molecule has 0 unspecified atom stereocenters. The van der Waals surface area contributed by atoms with Gasteiger partial charge in [0.25, 0.3) is 5.22 Å². The molecule has 128 valence electrons. The van der Waals surface area contributed by atoms with Crippen LogP contribution in [0.2, 0.25) is 0 Å². The number of hydrogen-bond donors (Lipinski definition) is 0. The minimum atomic E-state index is 0.176. The van der Waals surface area contributed by atoms with Crippen LogP contribution in [0, 0.1) is 29.1 Å². The van der Waals surface area contributed by atoms with Crippen molar-refractivity contribution in [3.8, 4) is 6.07 Å². The lowest BCUT2D eigenvalue weighted by molar-refractivity contribution is -0.0191. The molecule has 0 spiro atoms. The molecule has 25 heavy (non-hydrogen) atoms. The fourth-order valence-electron chi connectivity index (χ4n) is 5.68. The molecule has 4 aliphatic rings. The van der Waals surface area contributed by atoms with Crippen molar-refractivity contribution < 1.29 is 4.42 Å². The Bertz CT molecular complexity index is 785. The molecule has 4 aliphatic carbocycles. The van der Waals surface area contributed by atoms with Gasteiger partial charge in [0.2, 0.25) is 5.89 Å². The number of nitriles is 1. The van der Waals surface area contributed by atoms with Crippen molar-refractivity contribution in [2.75, 3.05) is 0 Å². The van der Waals surface area contributed by atoms with Gasteiger partial charge >= 0.3 is 0 Å². The predicted octanol–water partition coefficient (Wildman–Crippen LogP) is 4.70. The van der Waals surface area contributed by atoms with E-state index in [0.29, 0.717) is 10.8 Å². The van der Waals surface area contributed by atoms with Crippen molar-refractivity contribution in [3.05, 3.63) is 41.3 Å². The molecule has 4 nitrogen and oxygen atoms in total. The van der Waals surface area contributed by atoms with Crippen molar-refractivity contribution in [3.63, 3.8) is 0 Å². The summed E-state index contributed by atoms with van der Waals surface area (Å²) >= 11 is 1.59. The van der Waals surface area contributed by atoms with E-state index in [-0.39, 0.29) is 5.41 Å². The van der Waals surface area contributed by atoms with E-state index in [9.17, 15) is 0 Å². The smallest absolute Gasteiger partial charge is 0.276 e. The quantitative estimate of drug-likeness (QED) is 0.747. The third-order valence-electron chi connectivity index (χ3n) is 6.34. The number of aromatic nitrogens is 2. The highest BCUT2D eigenvalue weighted by Gasteiger charge is 2.54. The molecule has 0 aliphatic heterocycles. The van der Waals surface area contributed by atoms with E-state index in [4.69, 9.17) is 9.68 Å². The molecule has 4 fully saturated rings. The first-order valence-electron chi connectivity index (χ1n) is 9.18. The van der Waals surface area contributed by atoms with Crippen LogP contribution in [0.3, 0.4) is 0 Å². The van der Waals surface area contributed by atoms with Gasteiger partial charge in [-0.25, -0.2) is 0 Å². The van der Waals surface area contributed by atoms with E-state index in [1.54, 1.807) is 11.8 Å². The maximum Gasteiger partial charge on any atom is 0.276 e. The lowest BCUT2D eigenvalue weighted by Crippen LogP contribution is -2.48. The van der Waals surface area contributed by atoms with Gasteiger partial charge in [-0.05, 0) is 74.0 Å². The second-order valence-electron chi connectivity index (χ2n) is 8.17. The van der Waals surface area contributed by atoms with Crippen LogP contribution in [0.5, 0.6) is 0 Å². The predicted molar refractivity (Wildman–Crippen MR) is 94.9 cm³/mol. The van der Waals surface area contributed by atoms with Crippen LogP contribution in [-0.2, 0) is 11.2 Å². The van der Waals surface area contributed by atoms with Gasteiger partial charge in [0.1, 0.15) is 0 Å². The minimum absolute atomic E-state index is 0.176. The first kappa shape index (κ1) is 15.5. The topological polar surface area (TPSA) is 62.7 Å². The summed E-state index contributed by atoms with van der Waals surface area (Å²) in [7, 11) is 0. The fourth-order valence-corrected chi connectivity index (χ4v) is 6.39. The van der Waals surface area contributed by atoms with E-state index in [1.807, 2.05) is 24.3 Å². The van der Waals surface area contributed by atoms with Gasteiger partial charge in [-0.1, -0.05) is 23.9 Å². The summed E-state index contributed by atoms with van der Waals surface area (Å²) in [5.41, 5.74) is 2.03. The third-order valence-corrected chi connectivity index (χ3v) is 7.23. The highest BCUT2D eigenvalue weighted by Crippen LogP contribution is 2.60. The average Bonchev–Trinajstić information content (AvgIpc) is 3.09. The summed E-state index contributed by atoms with van der Waals surface area (Å²) < 4.78 is 6.12. The summed E-state index contributed by atoms with van der Waals surface area (Å²) in [6, 6.07) is 9.83. The van der Waals surface area contributed by atoms with E-state index in [2.05, 4.69) is 16.3 Å². The van der Waals surface area contributed by atoms with Crippen molar-refractivity contribution in [2.45, 2.75) is 54.9 Å². The van der Waals surface area contributed by atoms with Gasteiger partial charge in [0.05, 0.1) is 11.6 Å². The van der Waals surface area contributed by atoms with Crippen LogP contribution < -0.4 is 0 Å². The maximum atomic E-state index is 8.87. The number of benzene rings is 1. The molecule has 0 amide bonds. The minimum Gasteiger partial charge on any atom is -0.415 e. The Balaban J connectivity index is 1.30. The monoisotopic (exact) mass is 351 g/mol. The number of rotatable bonds is 4. The Morgan fingerprint density at radius 2 is 1.68 bits per heavy atom. The fraction of sp³-hybridized carbons (Fsp3) is 0.550. The highest BCUT2D eigenvalue weighted by atomic mass is 32.2. The van der Waals surface area contributed by atoms with E-state index in [1.165, 1.54) is 44.1 Å². The van der Waals surface area contributed by atoms with E-state index >= 15 is 0 Å². The van der Waals surface area contributed by atoms with Gasteiger partial charge in [0.15, 0.2) is 0 Å². The summed E-state index contributed by atoms with van der Waals surface area (Å²) in [6.45, 7) is 0. The Kier molecular flexibility index (Phi) is 3.63. The number of hydrogen-bond acceptors (Lipinski definition) is 5. The zero-order valence-electron chi connectivity index (χ0n) is 14.1. The summed E-state index contributed by atoms with van der Waals surface area (Å²) in [6.07, 6.45) is 8.03.